The number of aryl methyl sites for hydroxylation is 2. The first-order chi connectivity index (χ1) is 6.68. The summed E-state index contributed by atoms with van der Waals surface area (Å²) in [6, 6.07) is 3.39. The maximum absolute atomic E-state index is 11.7. The molecule has 0 aromatic carbocycles. The summed E-state index contributed by atoms with van der Waals surface area (Å²) in [4.78, 5) is 11.7. The Hall–Kier alpha value is -1.91. The molecule has 0 spiro atoms. The standard InChI is InChI=1S/C9H9N3O2/c1-6-3-4-8(14-6)9(13)7-5-10-11-12(7)2/h3-5H,1-2H3. The molecule has 0 N–H and O–H groups in total. The average molecular weight is 191 g/mol. The molecule has 0 aliphatic rings. The van der Waals surface area contributed by atoms with Gasteiger partial charge in [-0.15, -0.1) is 5.10 Å². The lowest BCUT2D eigenvalue weighted by molar-refractivity contribution is 0.0999. The van der Waals surface area contributed by atoms with Gasteiger partial charge in [-0.3, -0.25) is 4.79 Å². The second-order valence-corrected chi connectivity index (χ2v) is 2.98. The summed E-state index contributed by atoms with van der Waals surface area (Å²) in [5.41, 5.74) is 0.416. The van der Waals surface area contributed by atoms with Gasteiger partial charge in [0.15, 0.2) is 5.76 Å². The smallest absolute Gasteiger partial charge is 0.247 e. The van der Waals surface area contributed by atoms with Crippen LogP contribution in [-0.4, -0.2) is 20.8 Å². The molecule has 0 radical (unpaired) electrons. The van der Waals surface area contributed by atoms with E-state index in [9.17, 15) is 4.79 Å². The van der Waals surface area contributed by atoms with Gasteiger partial charge in [-0.05, 0) is 19.1 Å². The van der Waals surface area contributed by atoms with E-state index in [2.05, 4.69) is 10.3 Å². The van der Waals surface area contributed by atoms with Crippen molar-refractivity contribution in [3.63, 3.8) is 0 Å². The van der Waals surface area contributed by atoms with Crippen molar-refractivity contribution >= 4 is 5.78 Å². The lowest BCUT2D eigenvalue weighted by atomic mass is 10.2. The molecule has 0 saturated carbocycles. The number of carbonyl (C=O) groups excluding carboxylic acids is 1. The molecule has 2 aromatic heterocycles. The molecule has 14 heavy (non-hydrogen) atoms. The van der Waals surface area contributed by atoms with E-state index < -0.39 is 0 Å². The molecular weight excluding hydrogens is 182 g/mol. The van der Waals surface area contributed by atoms with Crippen molar-refractivity contribution in [3.8, 4) is 0 Å². The van der Waals surface area contributed by atoms with E-state index in [-0.39, 0.29) is 5.78 Å². The fourth-order valence-electron chi connectivity index (χ4n) is 1.18. The van der Waals surface area contributed by atoms with Crippen molar-refractivity contribution in [1.82, 2.24) is 15.0 Å². The topological polar surface area (TPSA) is 60.9 Å². The minimum Gasteiger partial charge on any atom is -0.458 e. The molecule has 0 aliphatic carbocycles. The number of hydrogen-bond donors (Lipinski definition) is 0. The van der Waals surface area contributed by atoms with Crippen LogP contribution in [0.25, 0.3) is 0 Å². The number of ketones is 1. The highest BCUT2D eigenvalue weighted by molar-refractivity contribution is 6.05. The van der Waals surface area contributed by atoms with E-state index in [1.54, 1.807) is 26.1 Å². The highest BCUT2D eigenvalue weighted by atomic mass is 16.3. The van der Waals surface area contributed by atoms with Crippen LogP contribution in [-0.2, 0) is 7.05 Å². The summed E-state index contributed by atoms with van der Waals surface area (Å²) in [5, 5.41) is 7.30. The Morgan fingerprint density at radius 2 is 2.29 bits per heavy atom. The third kappa shape index (κ3) is 1.32. The van der Waals surface area contributed by atoms with Crippen LogP contribution in [0.15, 0.2) is 22.7 Å². The van der Waals surface area contributed by atoms with Crippen molar-refractivity contribution < 1.29 is 9.21 Å². The van der Waals surface area contributed by atoms with Crippen molar-refractivity contribution in [3.05, 3.63) is 35.5 Å². The summed E-state index contributed by atoms with van der Waals surface area (Å²) in [6.07, 6.45) is 1.42. The van der Waals surface area contributed by atoms with Gasteiger partial charge in [-0.25, -0.2) is 4.68 Å². The zero-order valence-corrected chi connectivity index (χ0v) is 7.89. The fraction of sp³-hybridized carbons (Fsp3) is 0.222. The first-order valence-corrected chi connectivity index (χ1v) is 4.14. The lowest BCUT2D eigenvalue weighted by Gasteiger charge is -1.95. The predicted molar refractivity (Wildman–Crippen MR) is 47.9 cm³/mol. The zero-order valence-electron chi connectivity index (χ0n) is 7.89. The van der Waals surface area contributed by atoms with E-state index in [4.69, 9.17) is 4.42 Å². The molecule has 0 fully saturated rings. The lowest BCUT2D eigenvalue weighted by Crippen LogP contribution is -2.07. The summed E-state index contributed by atoms with van der Waals surface area (Å²) >= 11 is 0. The molecule has 0 amide bonds. The summed E-state index contributed by atoms with van der Waals surface area (Å²) in [5.74, 6) is 0.821. The SMILES string of the molecule is Cc1ccc(C(=O)c2cnnn2C)o1. The maximum atomic E-state index is 11.7. The number of nitrogens with zero attached hydrogens (tertiary/aromatic N) is 3. The van der Waals surface area contributed by atoms with Gasteiger partial charge in [0, 0.05) is 7.05 Å². The van der Waals surface area contributed by atoms with Crippen molar-refractivity contribution in [2.75, 3.05) is 0 Å². The van der Waals surface area contributed by atoms with Crippen LogP contribution in [0.4, 0.5) is 0 Å². The maximum Gasteiger partial charge on any atom is 0.247 e. The number of rotatable bonds is 2. The normalized spacial score (nSPS) is 10.4. The second-order valence-electron chi connectivity index (χ2n) is 2.98. The third-order valence-electron chi connectivity index (χ3n) is 1.91. The molecule has 0 atom stereocenters. The molecule has 2 heterocycles. The molecule has 5 nitrogen and oxygen atoms in total. The van der Waals surface area contributed by atoms with E-state index in [1.165, 1.54) is 10.9 Å². The van der Waals surface area contributed by atoms with Gasteiger partial charge in [0.05, 0.1) is 6.20 Å². The van der Waals surface area contributed by atoms with E-state index in [1.807, 2.05) is 0 Å². The zero-order chi connectivity index (χ0) is 10.1. The number of carbonyl (C=O) groups is 1. The average Bonchev–Trinajstić information content (AvgIpc) is 2.73. The van der Waals surface area contributed by atoms with Crippen LogP contribution in [0.1, 0.15) is 22.0 Å². The molecule has 2 aromatic rings. The van der Waals surface area contributed by atoms with Crippen molar-refractivity contribution in [2.45, 2.75) is 6.92 Å². The van der Waals surface area contributed by atoms with Gasteiger partial charge < -0.3 is 4.42 Å². The van der Waals surface area contributed by atoms with Crippen LogP contribution in [0.2, 0.25) is 0 Å². The molecule has 0 saturated heterocycles. The monoisotopic (exact) mass is 191 g/mol. The van der Waals surface area contributed by atoms with E-state index >= 15 is 0 Å². The molecule has 0 aliphatic heterocycles. The van der Waals surface area contributed by atoms with Crippen LogP contribution < -0.4 is 0 Å². The first kappa shape index (κ1) is 8.68. The third-order valence-corrected chi connectivity index (χ3v) is 1.91. The Bertz CT molecular complexity index is 470. The molecule has 0 bridgehead atoms. The Morgan fingerprint density at radius 3 is 2.79 bits per heavy atom. The van der Waals surface area contributed by atoms with E-state index in [0.29, 0.717) is 17.2 Å². The van der Waals surface area contributed by atoms with Crippen LogP contribution >= 0.6 is 0 Å². The highest BCUT2D eigenvalue weighted by Crippen LogP contribution is 2.11. The Labute approximate surface area is 80.3 Å². The van der Waals surface area contributed by atoms with Crippen molar-refractivity contribution in [1.29, 1.82) is 0 Å². The number of hydrogen-bond acceptors (Lipinski definition) is 4. The van der Waals surface area contributed by atoms with Gasteiger partial charge in [0.2, 0.25) is 5.78 Å². The quantitative estimate of drug-likeness (QED) is 0.663. The van der Waals surface area contributed by atoms with Crippen LogP contribution in [0.5, 0.6) is 0 Å². The predicted octanol–water partition coefficient (Wildman–Crippen LogP) is 0.948. The van der Waals surface area contributed by atoms with Crippen LogP contribution in [0, 0.1) is 6.92 Å². The Balaban J connectivity index is 2.38. The molecule has 0 unspecified atom stereocenters. The van der Waals surface area contributed by atoms with E-state index in [0.717, 1.165) is 0 Å². The number of furan rings is 1. The first-order valence-electron chi connectivity index (χ1n) is 4.14. The highest BCUT2D eigenvalue weighted by Gasteiger charge is 2.16. The van der Waals surface area contributed by atoms with Gasteiger partial charge in [-0.1, -0.05) is 5.21 Å². The number of aromatic nitrogens is 3. The second kappa shape index (κ2) is 3.10. The minimum atomic E-state index is -0.203. The summed E-state index contributed by atoms with van der Waals surface area (Å²) in [7, 11) is 1.66. The summed E-state index contributed by atoms with van der Waals surface area (Å²) < 4.78 is 6.62. The Morgan fingerprint density at radius 1 is 1.50 bits per heavy atom. The van der Waals surface area contributed by atoms with Gasteiger partial charge >= 0.3 is 0 Å². The minimum absolute atomic E-state index is 0.203. The van der Waals surface area contributed by atoms with Gasteiger partial charge in [0.25, 0.3) is 0 Å². The molecule has 2 rings (SSSR count). The fourth-order valence-corrected chi connectivity index (χ4v) is 1.18. The summed E-state index contributed by atoms with van der Waals surface area (Å²) in [6.45, 7) is 1.79. The largest absolute Gasteiger partial charge is 0.458 e. The molecule has 5 heteroatoms. The van der Waals surface area contributed by atoms with Crippen molar-refractivity contribution in [2.24, 2.45) is 7.05 Å². The van der Waals surface area contributed by atoms with Gasteiger partial charge in [-0.2, -0.15) is 0 Å². The Kier molecular flexibility index (Phi) is 1.92. The van der Waals surface area contributed by atoms with Crippen LogP contribution in [0.3, 0.4) is 0 Å². The molecular formula is C9H9N3O2. The van der Waals surface area contributed by atoms with Gasteiger partial charge in [0.1, 0.15) is 11.5 Å². The molecule has 72 valence electrons.